The van der Waals surface area contributed by atoms with Crippen LogP contribution in [0.5, 0.6) is 0 Å². The number of hydrogen-bond donors (Lipinski definition) is 0. The molecule has 2 atom stereocenters. The molecule has 2 saturated heterocycles. The molecule has 0 bridgehead atoms. The zero-order valence-corrected chi connectivity index (χ0v) is 14.2. The molecule has 122 valence electrons. The van der Waals surface area contributed by atoms with E-state index in [4.69, 9.17) is 0 Å². The smallest absolute Gasteiger partial charge is 0.246 e. The minimum atomic E-state index is -0.274. The van der Waals surface area contributed by atoms with Gasteiger partial charge in [-0.15, -0.1) is 11.8 Å². The van der Waals surface area contributed by atoms with Crippen LogP contribution in [0.15, 0.2) is 30.3 Å². The number of amides is 2. The fraction of sp³-hybridized carbons (Fsp3) is 0.556. The summed E-state index contributed by atoms with van der Waals surface area (Å²) in [6, 6.07) is 10.2. The summed E-state index contributed by atoms with van der Waals surface area (Å²) in [5.74, 6) is 1.02. The summed E-state index contributed by atoms with van der Waals surface area (Å²) in [6.45, 7) is 2.76. The number of carbonyl (C=O) groups is 2. The molecular weight excluding hydrogens is 308 g/mol. The maximum atomic E-state index is 13.2. The normalized spacial score (nSPS) is 29.7. The molecule has 0 aromatic heterocycles. The van der Waals surface area contributed by atoms with E-state index in [1.807, 2.05) is 28.0 Å². The van der Waals surface area contributed by atoms with E-state index < -0.39 is 0 Å². The highest BCUT2D eigenvalue weighted by Crippen LogP contribution is 2.48. The third kappa shape index (κ3) is 2.65. The molecule has 2 aliphatic heterocycles. The summed E-state index contributed by atoms with van der Waals surface area (Å²) in [5, 5.41) is 0. The lowest BCUT2D eigenvalue weighted by Crippen LogP contribution is -2.51. The van der Waals surface area contributed by atoms with Gasteiger partial charge in [0.25, 0.3) is 0 Å². The molecule has 1 aromatic carbocycles. The van der Waals surface area contributed by atoms with Gasteiger partial charge in [0.2, 0.25) is 11.8 Å². The summed E-state index contributed by atoms with van der Waals surface area (Å²) >= 11 is 1.77. The number of rotatable bonds is 4. The highest BCUT2D eigenvalue weighted by atomic mass is 32.2. The first-order chi connectivity index (χ1) is 11.1. The van der Waals surface area contributed by atoms with Crippen molar-refractivity contribution >= 4 is 23.6 Å². The van der Waals surface area contributed by atoms with Crippen LogP contribution in [0.1, 0.15) is 38.2 Å². The van der Waals surface area contributed by atoms with E-state index in [9.17, 15) is 9.59 Å². The molecule has 23 heavy (non-hydrogen) atoms. The maximum absolute atomic E-state index is 13.2. The summed E-state index contributed by atoms with van der Waals surface area (Å²) < 4.78 is 0. The van der Waals surface area contributed by atoms with Crippen molar-refractivity contribution in [3.8, 4) is 0 Å². The number of fused-ring (bicyclic) bond motifs is 1. The molecule has 0 N–H and O–H groups in total. The molecule has 1 aliphatic carbocycles. The predicted octanol–water partition coefficient (Wildman–Crippen LogP) is 2.63. The second-order valence-electron chi connectivity index (χ2n) is 6.95. The van der Waals surface area contributed by atoms with Crippen molar-refractivity contribution in [2.75, 3.05) is 5.75 Å². The molecule has 2 heterocycles. The first-order valence-corrected chi connectivity index (χ1v) is 9.37. The highest BCUT2D eigenvalue weighted by Gasteiger charge is 2.54. The first kappa shape index (κ1) is 15.1. The maximum Gasteiger partial charge on any atom is 0.246 e. The van der Waals surface area contributed by atoms with Gasteiger partial charge in [0.05, 0.1) is 4.87 Å². The molecule has 0 spiro atoms. The quantitative estimate of drug-likeness (QED) is 0.852. The van der Waals surface area contributed by atoms with Crippen molar-refractivity contribution in [1.29, 1.82) is 0 Å². The monoisotopic (exact) mass is 330 g/mol. The Morgan fingerprint density at radius 2 is 2.09 bits per heavy atom. The van der Waals surface area contributed by atoms with Crippen LogP contribution in [0.3, 0.4) is 0 Å². The lowest BCUT2D eigenvalue weighted by Gasteiger charge is -2.33. The average molecular weight is 330 g/mol. The fourth-order valence-corrected chi connectivity index (χ4v) is 5.17. The molecule has 5 heteroatoms. The van der Waals surface area contributed by atoms with E-state index in [2.05, 4.69) is 19.1 Å². The first-order valence-electron chi connectivity index (χ1n) is 8.39. The minimum absolute atomic E-state index is 0.142. The molecule has 1 saturated carbocycles. The lowest BCUT2D eigenvalue weighted by atomic mass is 10.1. The van der Waals surface area contributed by atoms with Crippen LogP contribution in [0, 0.1) is 0 Å². The standard InChI is InChI=1S/C18H22N2O2S/c1-18-10-9-16(21)20(18)15(12-23-18)17(22)19(14-7-8-14)11-13-5-3-2-4-6-13/h2-6,14-15H,7-12H2,1H3/t15-,18+/m1/s1. The Morgan fingerprint density at radius 3 is 2.78 bits per heavy atom. The topological polar surface area (TPSA) is 40.6 Å². The van der Waals surface area contributed by atoms with E-state index in [0.717, 1.165) is 30.6 Å². The number of benzene rings is 1. The minimum Gasteiger partial charge on any atom is -0.334 e. The van der Waals surface area contributed by atoms with Gasteiger partial charge in [-0.2, -0.15) is 0 Å². The summed E-state index contributed by atoms with van der Waals surface area (Å²) in [6.07, 6.45) is 3.62. The summed E-state index contributed by atoms with van der Waals surface area (Å²) in [4.78, 5) is 29.2. The Kier molecular flexibility index (Phi) is 3.63. The average Bonchev–Trinajstić information content (AvgIpc) is 3.27. The molecule has 0 radical (unpaired) electrons. The Morgan fingerprint density at radius 1 is 1.35 bits per heavy atom. The molecule has 4 nitrogen and oxygen atoms in total. The predicted molar refractivity (Wildman–Crippen MR) is 90.7 cm³/mol. The van der Waals surface area contributed by atoms with Gasteiger partial charge < -0.3 is 9.80 Å². The van der Waals surface area contributed by atoms with Crippen LogP contribution in [-0.4, -0.2) is 44.3 Å². The van der Waals surface area contributed by atoms with Gasteiger partial charge in [-0.05, 0) is 31.7 Å². The van der Waals surface area contributed by atoms with Crippen LogP contribution in [0.25, 0.3) is 0 Å². The van der Waals surface area contributed by atoms with E-state index in [-0.39, 0.29) is 22.7 Å². The van der Waals surface area contributed by atoms with E-state index in [1.165, 1.54) is 0 Å². The molecule has 2 amide bonds. The third-order valence-corrected chi connectivity index (χ3v) is 6.70. The lowest BCUT2D eigenvalue weighted by molar-refractivity contribution is -0.144. The molecule has 4 rings (SSSR count). The summed E-state index contributed by atoms with van der Waals surface area (Å²) in [5.41, 5.74) is 1.16. The second kappa shape index (κ2) is 5.55. The van der Waals surface area contributed by atoms with Gasteiger partial charge in [-0.1, -0.05) is 30.3 Å². The van der Waals surface area contributed by atoms with Crippen LogP contribution >= 0.6 is 11.8 Å². The van der Waals surface area contributed by atoms with Crippen molar-refractivity contribution in [2.24, 2.45) is 0 Å². The van der Waals surface area contributed by atoms with Gasteiger partial charge >= 0.3 is 0 Å². The second-order valence-corrected chi connectivity index (χ2v) is 8.45. The van der Waals surface area contributed by atoms with Gasteiger partial charge in [-0.3, -0.25) is 9.59 Å². The Hall–Kier alpha value is -1.49. The van der Waals surface area contributed by atoms with Crippen LogP contribution in [-0.2, 0) is 16.1 Å². The third-order valence-electron chi connectivity index (χ3n) is 5.20. The molecular formula is C18H22N2O2S. The van der Waals surface area contributed by atoms with Crippen LogP contribution in [0.2, 0.25) is 0 Å². The van der Waals surface area contributed by atoms with Gasteiger partial charge in [0, 0.05) is 24.8 Å². The zero-order chi connectivity index (χ0) is 16.0. The summed E-state index contributed by atoms with van der Waals surface area (Å²) in [7, 11) is 0. The van der Waals surface area contributed by atoms with Crippen LogP contribution in [0.4, 0.5) is 0 Å². The fourth-order valence-electron chi connectivity index (χ4n) is 3.75. The van der Waals surface area contributed by atoms with Crippen LogP contribution < -0.4 is 0 Å². The number of carbonyl (C=O) groups excluding carboxylic acids is 2. The van der Waals surface area contributed by atoms with Crippen molar-refractivity contribution in [1.82, 2.24) is 9.80 Å². The Labute approximate surface area is 141 Å². The van der Waals surface area contributed by atoms with Crippen molar-refractivity contribution in [2.45, 2.75) is 56.1 Å². The zero-order valence-electron chi connectivity index (χ0n) is 13.4. The van der Waals surface area contributed by atoms with Gasteiger partial charge in [0.15, 0.2) is 0 Å². The van der Waals surface area contributed by atoms with E-state index >= 15 is 0 Å². The van der Waals surface area contributed by atoms with E-state index in [1.54, 1.807) is 11.8 Å². The van der Waals surface area contributed by atoms with Crippen molar-refractivity contribution in [3.63, 3.8) is 0 Å². The van der Waals surface area contributed by atoms with Crippen molar-refractivity contribution < 1.29 is 9.59 Å². The van der Waals surface area contributed by atoms with E-state index in [0.29, 0.717) is 19.0 Å². The number of hydrogen-bond acceptors (Lipinski definition) is 3. The van der Waals surface area contributed by atoms with Gasteiger partial charge in [0.1, 0.15) is 6.04 Å². The number of thioether (sulfide) groups is 1. The molecule has 3 aliphatic rings. The molecule has 1 aromatic rings. The van der Waals surface area contributed by atoms with Crippen molar-refractivity contribution in [3.05, 3.63) is 35.9 Å². The largest absolute Gasteiger partial charge is 0.334 e. The molecule has 0 unspecified atom stereocenters. The SMILES string of the molecule is C[C@]12CCC(=O)N1[C@@H](C(=O)N(Cc1ccccc1)C1CC1)CS2. The Bertz CT molecular complexity index is 631. The molecule has 3 fully saturated rings. The Balaban J connectivity index is 1.55. The highest BCUT2D eigenvalue weighted by molar-refractivity contribution is 8.01. The van der Waals surface area contributed by atoms with Gasteiger partial charge in [-0.25, -0.2) is 0 Å². The number of nitrogens with zero attached hydrogens (tertiary/aromatic N) is 2.